The van der Waals surface area contributed by atoms with E-state index in [-0.39, 0.29) is 6.61 Å². The normalized spacial score (nSPS) is 13.9. The van der Waals surface area contributed by atoms with Gasteiger partial charge >= 0.3 is 13.2 Å². The zero-order chi connectivity index (χ0) is 13.2. The molecule has 0 spiro atoms. The molecule has 16 heavy (non-hydrogen) atoms. The van der Waals surface area contributed by atoms with Crippen LogP contribution in [0.15, 0.2) is 0 Å². The first-order valence-electron chi connectivity index (χ1n) is 5.35. The molecule has 7 heteroatoms. The van der Waals surface area contributed by atoms with Gasteiger partial charge in [0.05, 0.1) is 6.61 Å². The summed E-state index contributed by atoms with van der Waals surface area (Å²) in [5.74, 6) is 0. The van der Waals surface area contributed by atoms with Crippen LogP contribution in [-0.4, -0.2) is 41.7 Å². The molecule has 0 aliphatic heterocycles. The fourth-order valence-electron chi connectivity index (χ4n) is 0.909. The summed E-state index contributed by atoms with van der Waals surface area (Å²) in [6.07, 6.45) is 0. The van der Waals surface area contributed by atoms with Crippen molar-refractivity contribution in [3.05, 3.63) is 0 Å². The van der Waals surface area contributed by atoms with Crippen LogP contribution in [0.4, 0.5) is 4.79 Å². The third kappa shape index (κ3) is 8.85. The fourth-order valence-corrected chi connectivity index (χ4v) is 1.39. The molecule has 0 fully saturated rings. The summed E-state index contributed by atoms with van der Waals surface area (Å²) in [5.41, 5.74) is 3.16. The maximum Gasteiger partial charge on any atom is 0.415 e. The fraction of sp³-hybridized carbons (Fsp3) is 0.889. The molecule has 0 bridgehead atoms. The van der Waals surface area contributed by atoms with E-state index in [4.69, 9.17) is 4.89 Å². The number of hydrogen-bond donors (Lipinski definition) is 2. The minimum absolute atomic E-state index is 0.00326. The van der Waals surface area contributed by atoms with E-state index >= 15 is 0 Å². The van der Waals surface area contributed by atoms with Gasteiger partial charge in [0.25, 0.3) is 0 Å². The smallest absolute Gasteiger partial charge is 0.359 e. The summed E-state index contributed by atoms with van der Waals surface area (Å²) in [6.45, 7) is 11.6. The van der Waals surface area contributed by atoms with Crippen LogP contribution in [0.5, 0.6) is 0 Å². The van der Waals surface area contributed by atoms with Crippen LogP contribution in [0.25, 0.3) is 0 Å². The lowest BCUT2D eigenvalue weighted by atomic mass is 10.5. The van der Waals surface area contributed by atoms with Gasteiger partial charge in [-0.3, -0.25) is 4.79 Å². The van der Waals surface area contributed by atoms with Crippen molar-refractivity contribution in [1.82, 2.24) is 4.90 Å². The maximum atomic E-state index is 10.4. The van der Waals surface area contributed by atoms with Crippen molar-refractivity contribution in [3.63, 3.8) is 0 Å². The monoisotopic (exact) mass is 254 g/mol. The maximum absolute atomic E-state index is 10.4. The molecule has 0 radical (unpaired) electrons. The lowest BCUT2D eigenvalue weighted by Gasteiger charge is -2.13. The van der Waals surface area contributed by atoms with Crippen molar-refractivity contribution in [1.29, 1.82) is 0 Å². The molecule has 6 nitrogen and oxygen atoms in total. The number of nitrogens with zero attached hydrogens (tertiary/aromatic N) is 1. The Balaban J connectivity index is 0. The molecule has 0 saturated heterocycles. The van der Waals surface area contributed by atoms with Crippen molar-refractivity contribution in [3.8, 4) is 0 Å². The Morgan fingerprint density at radius 1 is 1.25 bits per heavy atom. The van der Waals surface area contributed by atoms with Crippen LogP contribution in [0.2, 0.25) is 0 Å². The quantitative estimate of drug-likeness (QED) is 0.703. The van der Waals surface area contributed by atoms with Crippen LogP contribution < -0.4 is 5.73 Å². The third-order valence-corrected chi connectivity index (χ3v) is 3.09. The molecule has 0 heterocycles. The second kappa shape index (κ2) is 9.78. The first-order valence-corrected chi connectivity index (χ1v) is 6.92. The zero-order valence-electron chi connectivity index (χ0n) is 10.5. The number of amides is 1. The number of nitrogens with two attached hydrogens (primary N) is 1. The Kier molecular flexibility index (Phi) is 11.0. The highest BCUT2D eigenvalue weighted by molar-refractivity contribution is 7.70. The standard InChI is InChI=1S/C6H15N.C3H8NO4P/c1-4-7(5-2)6-3;1-2-8-9(6,7)3(4)5/h4-6H2,1-3H3;2H2,1H3,(H2,4,5)(H,6,7). The number of primary amides is 1. The van der Waals surface area contributed by atoms with Gasteiger partial charge in [-0.15, -0.1) is 0 Å². The highest BCUT2D eigenvalue weighted by atomic mass is 31.2. The molecule has 0 saturated carbocycles. The minimum atomic E-state index is -4.13. The van der Waals surface area contributed by atoms with Crippen molar-refractivity contribution in [2.75, 3.05) is 26.2 Å². The Hall–Kier alpha value is -0.420. The second-order valence-corrected chi connectivity index (χ2v) is 4.64. The predicted octanol–water partition coefficient (Wildman–Crippen LogP) is 1.64. The van der Waals surface area contributed by atoms with E-state index in [0.717, 1.165) is 0 Å². The van der Waals surface area contributed by atoms with E-state index in [2.05, 4.69) is 35.9 Å². The average Bonchev–Trinajstić information content (AvgIpc) is 2.21. The van der Waals surface area contributed by atoms with Gasteiger partial charge in [0.2, 0.25) is 0 Å². The van der Waals surface area contributed by atoms with Crippen molar-refractivity contribution in [2.24, 2.45) is 5.73 Å². The third-order valence-electron chi connectivity index (χ3n) is 1.92. The van der Waals surface area contributed by atoms with Gasteiger partial charge in [-0.25, -0.2) is 4.57 Å². The molecule has 0 aromatic heterocycles. The molecular weight excluding hydrogens is 231 g/mol. The molecule has 0 aliphatic carbocycles. The first-order chi connectivity index (χ1) is 7.35. The predicted molar refractivity (Wildman–Crippen MR) is 64.5 cm³/mol. The molecule has 1 atom stereocenters. The molecule has 1 unspecified atom stereocenters. The summed E-state index contributed by atoms with van der Waals surface area (Å²) in [7, 11) is -4.13. The van der Waals surface area contributed by atoms with E-state index < -0.39 is 13.2 Å². The van der Waals surface area contributed by atoms with Gasteiger partial charge in [0.1, 0.15) is 0 Å². The molecule has 98 valence electrons. The van der Waals surface area contributed by atoms with Crippen LogP contribution in [0.3, 0.4) is 0 Å². The lowest BCUT2D eigenvalue weighted by molar-refractivity contribution is 0.240. The lowest BCUT2D eigenvalue weighted by Crippen LogP contribution is -2.21. The molecule has 0 aromatic carbocycles. The second-order valence-electron chi connectivity index (χ2n) is 2.90. The van der Waals surface area contributed by atoms with E-state index in [1.807, 2.05) is 0 Å². The molecule has 0 rings (SSSR count). The molecule has 0 aromatic rings. The van der Waals surface area contributed by atoms with Crippen LogP contribution in [0.1, 0.15) is 27.7 Å². The van der Waals surface area contributed by atoms with E-state index in [0.29, 0.717) is 0 Å². The van der Waals surface area contributed by atoms with Crippen molar-refractivity contribution >= 4 is 13.2 Å². The van der Waals surface area contributed by atoms with Crippen LogP contribution >= 0.6 is 7.60 Å². The number of rotatable bonds is 6. The van der Waals surface area contributed by atoms with Gasteiger partial charge in [0, 0.05) is 0 Å². The van der Waals surface area contributed by atoms with E-state index in [9.17, 15) is 9.36 Å². The van der Waals surface area contributed by atoms with Crippen LogP contribution in [0, 0.1) is 0 Å². The van der Waals surface area contributed by atoms with E-state index in [1.54, 1.807) is 0 Å². The van der Waals surface area contributed by atoms with Gasteiger partial charge in [-0.2, -0.15) is 0 Å². The largest absolute Gasteiger partial charge is 0.415 e. The number of carbonyl (C=O) groups excluding carboxylic acids is 1. The molecule has 1 amide bonds. The molecule has 0 aliphatic rings. The summed E-state index contributed by atoms with van der Waals surface area (Å²) in [4.78, 5) is 20.8. The van der Waals surface area contributed by atoms with Gasteiger partial charge in [-0.1, -0.05) is 20.8 Å². The zero-order valence-corrected chi connectivity index (χ0v) is 11.4. The first kappa shape index (κ1) is 18.0. The number of carbonyl (C=O) groups is 1. The summed E-state index contributed by atoms with van der Waals surface area (Å²) >= 11 is 0. The van der Waals surface area contributed by atoms with Crippen molar-refractivity contribution < 1.29 is 18.8 Å². The van der Waals surface area contributed by atoms with Crippen molar-refractivity contribution in [2.45, 2.75) is 27.7 Å². The van der Waals surface area contributed by atoms with Gasteiger partial charge < -0.3 is 20.1 Å². The minimum Gasteiger partial charge on any atom is -0.359 e. The number of hydrogen-bond acceptors (Lipinski definition) is 4. The van der Waals surface area contributed by atoms with Crippen LogP contribution in [-0.2, 0) is 9.09 Å². The Bertz CT molecular complexity index is 226. The Morgan fingerprint density at radius 2 is 1.62 bits per heavy atom. The molecular formula is C9H23N2O4P. The Morgan fingerprint density at radius 3 is 1.69 bits per heavy atom. The highest BCUT2D eigenvalue weighted by Crippen LogP contribution is 2.40. The Labute approximate surface area is 97.3 Å². The topological polar surface area (TPSA) is 92.9 Å². The summed E-state index contributed by atoms with van der Waals surface area (Å²) < 4.78 is 14.5. The summed E-state index contributed by atoms with van der Waals surface area (Å²) in [5, 5.41) is 0. The van der Waals surface area contributed by atoms with Gasteiger partial charge in [0.15, 0.2) is 0 Å². The SMILES string of the molecule is CCN(CC)CC.CCOP(=O)(O)C(N)=O. The highest BCUT2D eigenvalue weighted by Gasteiger charge is 2.26. The van der Waals surface area contributed by atoms with E-state index in [1.165, 1.54) is 26.6 Å². The average molecular weight is 254 g/mol. The summed E-state index contributed by atoms with van der Waals surface area (Å²) in [6, 6.07) is 0. The molecule has 3 N–H and O–H groups in total. The van der Waals surface area contributed by atoms with Gasteiger partial charge in [-0.05, 0) is 26.6 Å².